The first-order chi connectivity index (χ1) is 16.9. The average molecular weight is 469 g/mol. The lowest BCUT2D eigenvalue weighted by Gasteiger charge is -2.11. The van der Waals surface area contributed by atoms with Crippen molar-refractivity contribution in [3.8, 4) is 0 Å². The van der Waals surface area contributed by atoms with E-state index < -0.39 is 4.92 Å². The molecule has 10 nitrogen and oxygen atoms in total. The molecule has 4 rings (SSSR count). The number of hydrogen-bond acceptors (Lipinski definition) is 9. The van der Waals surface area contributed by atoms with Crippen LogP contribution in [0.2, 0.25) is 0 Å². The number of aryl methyl sites for hydroxylation is 3. The zero-order valence-corrected chi connectivity index (χ0v) is 19.5. The minimum atomic E-state index is -0.452. The standard InChI is InChI=1S/C25H24N8O2/c1-16-8-9-21(14-18(16)3)28-24-29-23(27-20-10-12-22(13-11-20)33(34)35)30-25(31-24)32-26-15-19-7-5-4-6-17(19)2/h4-15H,1-3H3,(H3,27,28,29,30,31,32). The number of hydrogen-bond donors (Lipinski definition) is 3. The molecule has 10 heteroatoms. The fraction of sp³-hybridized carbons (Fsp3) is 0.120. The van der Waals surface area contributed by atoms with Gasteiger partial charge in [-0.25, -0.2) is 5.43 Å². The molecule has 0 fully saturated rings. The second-order valence-corrected chi connectivity index (χ2v) is 7.89. The summed E-state index contributed by atoms with van der Waals surface area (Å²) in [5, 5.41) is 21.4. The van der Waals surface area contributed by atoms with Crippen LogP contribution in [0.25, 0.3) is 0 Å². The SMILES string of the molecule is Cc1ccc(Nc2nc(NN=Cc3ccccc3C)nc(Nc3ccc([N+](=O)[O-])cc3)n2)cc1C. The van der Waals surface area contributed by atoms with Crippen LogP contribution in [-0.2, 0) is 0 Å². The van der Waals surface area contributed by atoms with Gasteiger partial charge in [0.15, 0.2) is 0 Å². The molecular weight excluding hydrogens is 444 g/mol. The van der Waals surface area contributed by atoms with Crippen LogP contribution in [0.5, 0.6) is 0 Å². The van der Waals surface area contributed by atoms with Crippen molar-refractivity contribution in [2.75, 3.05) is 16.1 Å². The molecule has 0 bridgehead atoms. The largest absolute Gasteiger partial charge is 0.324 e. The number of anilines is 5. The lowest BCUT2D eigenvalue weighted by molar-refractivity contribution is -0.384. The molecule has 1 aromatic heterocycles. The topological polar surface area (TPSA) is 130 Å². The van der Waals surface area contributed by atoms with Crippen molar-refractivity contribution in [2.45, 2.75) is 20.8 Å². The first-order valence-corrected chi connectivity index (χ1v) is 10.8. The van der Waals surface area contributed by atoms with Crippen molar-refractivity contribution in [3.05, 3.63) is 99.1 Å². The van der Waals surface area contributed by atoms with Crippen LogP contribution in [0.3, 0.4) is 0 Å². The maximum absolute atomic E-state index is 10.9. The maximum atomic E-state index is 10.9. The second-order valence-electron chi connectivity index (χ2n) is 7.89. The molecular formula is C25H24N8O2. The molecule has 3 aromatic carbocycles. The Hall–Kier alpha value is -4.86. The fourth-order valence-corrected chi connectivity index (χ4v) is 3.17. The van der Waals surface area contributed by atoms with E-state index in [0.717, 1.165) is 22.4 Å². The van der Waals surface area contributed by atoms with Crippen LogP contribution in [-0.4, -0.2) is 26.1 Å². The summed E-state index contributed by atoms with van der Waals surface area (Å²) < 4.78 is 0. The number of nitro benzene ring substituents is 1. The molecule has 0 spiro atoms. The van der Waals surface area contributed by atoms with Gasteiger partial charge in [0.05, 0.1) is 11.1 Å². The predicted octanol–water partition coefficient (Wildman–Crippen LogP) is 5.64. The van der Waals surface area contributed by atoms with Crippen LogP contribution >= 0.6 is 0 Å². The van der Waals surface area contributed by atoms with Gasteiger partial charge < -0.3 is 10.6 Å². The first-order valence-electron chi connectivity index (χ1n) is 10.8. The summed E-state index contributed by atoms with van der Waals surface area (Å²) in [6, 6.07) is 19.8. The van der Waals surface area contributed by atoms with E-state index in [0.29, 0.717) is 11.6 Å². The van der Waals surface area contributed by atoms with Crippen LogP contribution in [0, 0.1) is 30.9 Å². The first kappa shape index (κ1) is 23.3. The lowest BCUT2D eigenvalue weighted by atomic mass is 10.1. The van der Waals surface area contributed by atoms with E-state index in [9.17, 15) is 10.1 Å². The number of nitrogens with zero attached hydrogens (tertiary/aromatic N) is 5. The molecule has 3 N–H and O–H groups in total. The van der Waals surface area contributed by atoms with Crippen molar-refractivity contribution >= 4 is 41.1 Å². The zero-order valence-electron chi connectivity index (χ0n) is 19.5. The van der Waals surface area contributed by atoms with E-state index in [4.69, 9.17) is 0 Å². The maximum Gasteiger partial charge on any atom is 0.269 e. The van der Waals surface area contributed by atoms with Gasteiger partial charge in [-0.15, -0.1) is 0 Å². The Morgan fingerprint density at radius 3 is 2.06 bits per heavy atom. The number of nitro groups is 1. The summed E-state index contributed by atoms with van der Waals surface area (Å²) in [4.78, 5) is 23.7. The van der Waals surface area contributed by atoms with Gasteiger partial charge >= 0.3 is 0 Å². The number of hydrazone groups is 1. The Bertz CT molecular complexity index is 1390. The third-order valence-corrected chi connectivity index (χ3v) is 5.29. The van der Waals surface area contributed by atoms with Crippen LogP contribution < -0.4 is 16.1 Å². The van der Waals surface area contributed by atoms with Gasteiger partial charge in [-0.05, 0) is 67.3 Å². The van der Waals surface area contributed by atoms with Crippen LogP contribution in [0.1, 0.15) is 22.3 Å². The molecule has 0 aliphatic rings. The summed E-state index contributed by atoms with van der Waals surface area (Å²) >= 11 is 0. The fourth-order valence-electron chi connectivity index (χ4n) is 3.17. The molecule has 35 heavy (non-hydrogen) atoms. The molecule has 0 aliphatic carbocycles. The van der Waals surface area contributed by atoms with E-state index in [2.05, 4.69) is 36.1 Å². The van der Waals surface area contributed by atoms with Crippen molar-refractivity contribution in [2.24, 2.45) is 5.10 Å². The van der Waals surface area contributed by atoms with Crippen LogP contribution in [0.4, 0.5) is 34.9 Å². The second kappa shape index (κ2) is 10.4. The molecule has 4 aromatic rings. The molecule has 0 atom stereocenters. The van der Waals surface area contributed by atoms with Crippen molar-refractivity contribution in [1.29, 1.82) is 0 Å². The van der Waals surface area contributed by atoms with E-state index in [1.54, 1.807) is 18.3 Å². The molecule has 0 unspecified atom stereocenters. The third kappa shape index (κ3) is 6.14. The Morgan fingerprint density at radius 2 is 1.40 bits per heavy atom. The third-order valence-electron chi connectivity index (χ3n) is 5.29. The van der Waals surface area contributed by atoms with Gasteiger partial charge in [0.2, 0.25) is 17.8 Å². The highest BCUT2D eigenvalue weighted by Gasteiger charge is 2.10. The van der Waals surface area contributed by atoms with Gasteiger partial charge in [0.1, 0.15) is 0 Å². The lowest BCUT2D eigenvalue weighted by Crippen LogP contribution is -2.07. The van der Waals surface area contributed by atoms with Gasteiger partial charge in [-0.3, -0.25) is 10.1 Å². The van der Waals surface area contributed by atoms with Crippen molar-refractivity contribution < 1.29 is 4.92 Å². The number of rotatable bonds is 8. The predicted molar refractivity (Wildman–Crippen MR) is 138 cm³/mol. The summed E-state index contributed by atoms with van der Waals surface area (Å²) in [6.07, 6.45) is 1.69. The van der Waals surface area contributed by atoms with E-state index in [1.165, 1.54) is 17.7 Å². The Kier molecular flexibility index (Phi) is 6.91. The number of benzene rings is 3. The van der Waals surface area contributed by atoms with Crippen molar-refractivity contribution in [3.63, 3.8) is 0 Å². The molecule has 0 radical (unpaired) electrons. The quantitative estimate of drug-likeness (QED) is 0.172. The van der Waals surface area contributed by atoms with Gasteiger partial charge in [0, 0.05) is 23.5 Å². The molecule has 0 saturated carbocycles. The average Bonchev–Trinajstić information content (AvgIpc) is 2.83. The van der Waals surface area contributed by atoms with E-state index in [1.807, 2.05) is 63.2 Å². The normalized spacial score (nSPS) is 10.8. The summed E-state index contributed by atoms with van der Waals surface area (Å²) in [5.74, 6) is 0.774. The number of non-ortho nitro benzene ring substituents is 1. The monoisotopic (exact) mass is 468 g/mol. The Balaban J connectivity index is 1.60. The minimum absolute atomic E-state index is 0.00353. The van der Waals surface area contributed by atoms with Gasteiger partial charge in [0.25, 0.3) is 5.69 Å². The summed E-state index contributed by atoms with van der Waals surface area (Å²) in [7, 11) is 0. The summed E-state index contributed by atoms with van der Waals surface area (Å²) in [5.41, 5.74) is 8.64. The molecule has 176 valence electrons. The number of aromatic nitrogens is 3. The smallest absolute Gasteiger partial charge is 0.269 e. The molecule has 0 saturated heterocycles. The highest BCUT2D eigenvalue weighted by molar-refractivity contribution is 5.82. The highest BCUT2D eigenvalue weighted by Crippen LogP contribution is 2.22. The van der Waals surface area contributed by atoms with Crippen molar-refractivity contribution in [1.82, 2.24) is 15.0 Å². The van der Waals surface area contributed by atoms with Gasteiger partial charge in [-0.1, -0.05) is 30.3 Å². The van der Waals surface area contributed by atoms with Gasteiger partial charge in [-0.2, -0.15) is 20.1 Å². The van der Waals surface area contributed by atoms with E-state index >= 15 is 0 Å². The van der Waals surface area contributed by atoms with E-state index in [-0.39, 0.29) is 17.6 Å². The Labute approximate surface area is 202 Å². The van der Waals surface area contributed by atoms with Crippen LogP contribution in [0.15, 0.2) is 71.8 Å². The summed E-state index contributed by atoms with van der Waals surface area (Å²) in [6.45, 7) is 6.08. The minimum Gasteiger partial charge on any atom is -0.324 e. The number of nitrogens with one attached hydrogen (secondary N) is 3. The molecule has 0 aliphatic heterocycles. The Morgan fingerprint density at radius 1 is 0.771 bits per heavy atom. The molecule has 0 amide bonds. The zero-order chi connectivity index (χ0) is 24.8. The molecule has 1 heterocycles. The highest BCUT2D eigenvalue weighted by atomic mass is 16.6.